The summed E-state index contributed by atoms with van der Waals surface area (Å²) in [4.78, 5) is 1.08. The van der Waals surface area contributed by atoms with Crippen LogP contribution in [0.15, 0.2) is 23.1 Å². The van der Waals surface area contributed by atoms with Crippen molar-refractivity contribution in [3.8, 4) is 0 Å². The van der Waals surface area contributed by atoms with Gasteiger partial charge in [-0.1, -0.05) is 23.2 Å². The summed E-state index contributed by atoms with van der Waals surface area (Å²) in [5.41, 5.74) is 0. The summed E-state index contributed by atoms with van der Waals surface area (Å²) in [5, 5.41) is 11.2. The van der Waals surface area contributed by atoms with Crippen molar-refractivity contribution in [3.05, 3.63) is 28.2 Å². The Morgan fingerprint density at radius 1 is 1.20 bits per heavy atom. The van der Waals surface area contributed by atoms with E-state index in [9.17, 15) is 5.11 Å². The van der Waals surface area contributed by atoms with Gasteiger partial charge >= 0.3 is 0 Å². The zero-order valence-electron chi connectivity index (χ0n) is 8.12. The van der Waals surface area contributed by atoms with E-state index < -0.39 is 0 Å². The van der Waals surface area contributed by atoms with Crippen molar-refractivity contribution < 1.29 is 5.11 Å². The number of aliphatic hydroxyl groups is 1. The molecule has 2 rings (SSSR count). The molecule has 1 aliphatic rings. The van der Waals surface area contributed by atoms with Gasteiger partial charge in [0, 0.05) is 10.1 Å². The summed E-state index contributed by atoms with van der Waals surface area (Å²) in [6.07, 6.45) is 2.93. The Kier molecular flexibility index (Phi) is 3.83. The molecule has 0 spiro atoms. The number of hydrogen-bond donors (Lipinski definition) is 1. The molecular formula is C11H12Cl2OS. The van der Waals surface area contributed by atoms with Gasteiger partial charge in [-0.05, 0) is 37.5 Å². The summed E-state index contributed by atoms with van der Waals surface area (Å²) in [6, 6.07) is 5.61. The van der Waals surface area contributed by atoms with E-state index in [-0.39, 0.29) is 6.10 Å². The minimum atomic E-state index is -0.176. The quantitative estimate of drug-likeness (QED) is 0.870. The molecule has 0 bridgehead atoms. The van der Waals surface area contributed by atoms with E-state index >= 15 is 0 Å². The molecule has 2 atom stereocenters. The second kappa shape index (κ2) is 4.96. The minimum absolute atomic E-state index is 0.176. The van der Waals surface area contributed by atoms with Gasteiger partial charge in [-0.25, -0.2) is 0 Å². The van der Waals surface area contributed by atoms with E-state index in [0.29, 0.717) is 15.3 Å². The third-order valence-electron chi connectivity index (χ3n) is 2.60. The number of thioether (sulfide) groups is 1. The van der Waals surface area contributed by atoms with Gasteiger partial charge in [0.1, 0.15) is 0 Å². The average Bonchev–Trinajstić information content (AvgIpc) is 2.59. The van der Waals surface area contributed by atoms with E-state index in [2.05, 4.69) is 0 Å². The molecule has 1 saturated carbocycles. The molecule has 0 heterocycles. The first-order valence-corrected chi connectivity index (χ1v) is 6.60. The summed E-state index contributed by atoms with van der Waals surface area (Å²) >= 11 is 13.5. The molecule has 4 heteroatoms. The molecule has 1 aliphatic carbocycles. The normalized spacial score (nSPS) is 25.8. The molecule has 1 fully saturated rings. The van der Waals surface area contributed by atoms with Gasteiger partial charge in [0.25, 0.3) is 0 Å². The van der Waals surface area contributed by atoms with Gasteiger partial charge in [-0.3, -0.25) is 0 Å². The Balaban J connectivity index is 2.07. The third-order valence-corrected chi connectivity index (χ3v) is 4.71. The van der Waals surface area contributed by atoms with E-state index in [1.165, 1.54) is 0 Å². The van der Waals surface area contributed by atoms with E-state index in [0.717, 1.165) is 24.2 Å². The Labute approximate surface area is 104 Å². The minimum Gasteiger partial charge on any atom is -0.392 e. The largest absolute Gasteiger partial charge is 0.392 e. The maximum Gasteiger partial charge on any atom is 0.0662 e. The molecule has 0 radical (unpaired) electrons. The maximum atomic E-state index is 9.69. The Bertz CT molecular complexity index is 356. The molecule has 0 aliphatic heterocycles. The van der Waals surface area contributed by atoms with E-state index in [1.54, 1.807) is 17.8 Å². The molecule has 1 N–H and O–H groups in total. The predicted molar refractivity (Wildman–Crippen MR) is 66.0 cm³/mol. The van der Waals surface area contributed by atoms with Gasteiger partial charge < -0.3 is 5.11 Å². The zero-order valence-corrected chi connectivity index (χ0v) is 10.4. The first-order chi connectivity index (χ1) is 7.16. The van der Waals surface area contributed by atoms with E-state index in [4.69, 9.17) is 23.2 Å². The number of aliphatic hydroxyl groups excluding tert-OH is 1. The highest BCUT2D eigenvalue weighted by Gasteiger charge is 2.25. The molecule has 0 amide bonds. The maximum absolute atomic E-state index is 9.69. The Morgan fingerprint density at radius 3 is 2.60 bits per heavy atom. The van der Waals surface area contributed by atoms with Crippen LogP contribution < -0.4 is 0 Å². The van der Waals surface area contributed by atoms with Crippen molar-refractivity contribution >= 4 is 35.0 Å². The van der Waals surface area contributed by atoms with Gasteiger partial charge in [-0.2, -0.15) is 0 Å². The molecule has 15 heavy (non-hydrogen) atoms. The number of hydrogen-bond acceptors (Lipinski definition) is 2. The summed E-state index contributed by atoms with van der Waals surface area (Å²) in [5.74, 6) is 0. The number of halogens is 2. The first kappa shape index (κ1) is 11.6. The van der Waals surface area contributed by atoms with Gasteiger partial charge in [0.05, 0.1) is 16.1 Å². The van der Waals surface area contributed by atoms with Crippen LogP contribution in [0.5, 0.6) is 0 Å². The van der Waals surface area contributed by atoms with Crippen LogP contribution in [0.25, 0.3) is 0 Å². The first-order valence-electron chi connectivity index (χ1n) is 4.96. The number of benzene rings is 1. The summed E-state index contributed by atoms with van der Waals surface area (Å²) < 4.78 is 0. The SMILES string of the molecule is OC1CCCC1Sc1ccc(Cl)c(Cl)c1. The molecule has 1 nitrogen and oxygen atoms in total. The second-order valence-corrected chi connectivity index (χ2v) is 5.86. The van der Waals surface area contributed by atoms with Crippen LogP contribution in [0, 0.1) is 0 Å². The van der Waals surface area contributed by atoms with Crippen LogP contribution in [0.3, 0.4) is 0 Å². The highest BCUT2D eigenvalue weighted by Crippen LogP contribution is 2.37. The van der Waals surface area contributed by atoms with Crippen LogP contribution >= 0.6 is 35.0 Å². The van der Waals surface area contributed by atoms with Crippen LogP contribution in [0.2, 0.25) is 10.0 Å². The lowest BCUT2D eigenvalue weighted by molar-refractivity contribution is 0.188. The molecule has 0 saturated heterocycles. The molecule has 1 aromatic carbocycles. The zero-order chi connectivity index (χ0) is 10.8. The van der Waals surface area contributed by atoms with Crippen molar-refractivity contribution in [2.45, 2.75) is 35.5 Å². The summed E-state index contributed by atoms with van der Waals surface area (Å²) in [6.45, 7) is 0. The average molecular weight is 263 g/mol. The lowest BCUT2D eigenvalue weighted by atomic mass is 10.3. The fraction of sp³-hybridized carbons (Fsp3) is 0.455. The van der Waals surface area contributed by atoms with Crippen LogP contribution in [0.1, 0.15) is 19.3 Å². The highest BCUT2D eigenvalue weighted by molar-refractivity contribution is 8.00. The number of rotatable bonds is 2. The second-order valence-electron chi connectivity index (χ2n) is 3.73. The van der Waals surface area contributed by atoms with Crippen LogP contribution in [0.4, 0.5) is 0 Å². The van der Waals surface area contributed by atoms with Crippen molar-refractivity contribution in [2.75, 3.05) is 0 Å². The smallest absolute Gasteiger partial charge is 0.0662 e. The van der Waals surface area contributed by atoms with Gasteiger partial charge in [0.2, 0.25) is 0 Å². The van der Waals surface area contributed by atoms with Crippen molar-refractivity contribution in [2.24, 2.45) is 0 Å². The fourth-order valence-electron chi connectivity index (χ4n) is 1.77. The van der Waals surface area contributed by atoms with Crippen LogP contribution in [-0.2, 0) is 0 Å². The Morgan fingerprint density at radius 2 is 2.00 bits per heavy atom. The molecule has 82 valence electrons. The third kappa shape index (κ3) is 2.82. The van der Waals surface area contributed by atoms with Gasteiger partial charge in [-0.15, -0.1) is 11.8 Å². The molecule has 1 aromatic rings. The van der Waals surface area contributed by atoms with Crippen LogP contribution in [-0.4, -0.2) is 16.5 Å². The molecule has 2 unspecified atom stereocenters. The van der Waals surface area contributed by atoms with E-state index in [1.807, 2.05) is 12.1 Å². The Hall–Kier alpha value is 0.110. The van der Waals surface area contributed by atoms with Crippen molar-refractivity contribution in [1.82, 2.24) is 0 Å². The monoisotopic (exact) mass is 262 g/mol. The lowest BCUT2D eigenvalue weighted by Gasteiger charge is -2.13. The van der Waals surface area contributed by atoms with Gasteiger partial charge in [0.15, 0.2) is 0 Å². The topological polar surface area (TPSA) is 20.2 Å². The predicted octanol–water partition coefficient (Wildman–Crippen LogP) is 4.00. The van der Waals surface area contributed by atoms with Crippen molar-refractivity contribution in [1.29, 1.82) is 0 Å². The standard InChI is InChI=1S/C11H12Cl2OS/c12-8-5-4-7(6-9(8)13)15-11-3-1-2-10(11)14/h4-6,10-11,14H,1-3H2. The van der Waals surface area contributed by atoms with Crippen molar-refractivity contribution in [3.63, 3.8) is 0 Å². The molecular weight excluding hydrogens is 251 g/mol. The summed E-state index contributed by atoms with van der Waals surface area (Å²) in [7, 11) is 0. The molecule has 0 aromatic heterocycles. The lowest BCUT2D eigenvalue weighted by Crippen LogP contribution is -2.14. The highest BCUT2D eigenvalue weighted by atomic mass is 35.5. The fourth-order valence-corrected chi connectivity index (χ4v) is 3.39.